The van der Waals surface area contributed by atoms with Crippen molar-refractivity contribution in [3.05, 3.63) is 56.7 Å². The van der Waals surface area contributed by atoms with Crippen LogP contribution in [0.3, 0.4) is 0 Å². The molecule has 0 spiro atoms. The van der Waals surface area contributed by atoms with Crippen LogP contribution < -0.4 is 10.1 Å². The van der Waals surface area contributed by atoms with Gasteiger partial charge in [-0.25, -0.2) is 9.18 Å². The molecule has 1 N–H and O–H groups in total. The summed E-state index contributed by atoms with van der Waals surface area (Å²) >= 11 is 2.16. The summed E-state index contributed by atoms with van der Waals surface area (Å²) in [7, 11) is 0. The molecule has 0 radical (unpaired) electrons. The van der Waals surface area contributed by atoms with Crippen molar-refractivity contribution in [2.75, 3.05) is 12.2 Å². The third-order valence-corrected chi connectivity index (χ3v) is 4.25. The molecule has 6 heteroatoms. The number of nitrogens with one attached hydrogen (secondary N) is 1. The lowest BCUT2D eigenvalue weighted by Crippen LogP contribution is -2.15. The van der Waals surface area contributed by atoms with E-state index in [2.05, 4.69) is 32.6 Å². The molecule has 0 aliphatic heterocycles. The molecule has 122 valence electrons. The van der Waals surface area contributed by atoms with Crippen LogP contribution in [0, 0.1) is 17.4 Å². The minimum Gasteiger partial charge on any atom is -0.489 e. The van der Waals surface area contributed by atoms with Gasteiger partial charge >= 0.3 is 6.09 Å². The van der Waals surface area contributed by atoms with Gasteiger partial charge in [-0.05, 0) is 60.2 Å². The zero-order chi connectivity index (χ0) is 16.8. The van der Waals surface area contributed by atoms with Crippen molar-refractivity contribution in [2.24, 2.45) is 0 Å². The van der Waals surface area contributed by atoms with E-state index >= 15 is 0 Å². The van der Waals surface area contributed by atoms with E-state index in [1.165, 1.54) is 5.56 Å². The summed E-state index contributed by atoms with van der Waals surface area (Å²) in [5.74, 6) is 0.785. The summed E-state index contributed by atoms with van der Waals surface area (Å²) in [6.45, 7) is 3.13. The molecule has 0 saturated heterocycles. The highest BCUT2D eigenvalue weighted by Crippen LogP contribution is 2.26. The molecule has 2 rings (SSSR count). The van der Waals surface area contributed by atoms with Gasteiger partial charge in [0.2, 0.25) is 6.86 Å². The molecule has 0 saturated carbocycles. The van der Waals surface area contributed by atoms with Crippen LogP contribution in [0.5, 0.6) is 5.75 Å². The summed E-state index contributed by atoms with van der Waals surface area (Å²) in [6.07, 6.45) is -0.831. The second kappa shape index (κ2) is 8.14. The SMILES string of the molecule is Cc1ccc(OCc2c(I)cccc2NC(=O)OCF)c(C)c1. The monoisotopic (exact) mass is 429 g/mol. The maximum absolute atomic E-state index is 12.1. The number of amides is 1. The fourth-order valence-corrected chi connectivity index (χ4v) is 2.78. The molecular weight excluding hydrogens is 412 g/mol. The van der Waals surface area contributed by atoms with E-state index in [0.717, 1.165) is 20.4 Å². The number of halogens is 2. The van der Waals surface area contributed by atoms with Gasteiger partial charge in [0.25, 0.3) is 0 Å². The number of carbonyl (C=O) groups excluding carboxylic acids is 1. The highest BCUT2D eigenvalue weighted by Gasteiger charge is 2.12. The Balaban J connectivity index is 2.16. The van der Waals surface area contributed by atoms with E-state index in [4.69, 9.17) is 4.74 Å². The Labute approximate surface area is 148 Å². The van der Waals surface area contributed by atoms with Crippen molar-refractivity contribution in [1.82, 2.24) is 0 Å². The number of benzene rings is 2. The van der Waals surface area contributed by atoms with Crippen LogP contribution in [0.15, 0.2) is 36.4 Å². The Morgan fingerprint density at radius 1 is 1.26 bits per heavy atom. The third kappa shape index (κ3) is 4.82. The zero-order valence-electron chi connectivity index (χ0n) is 12.9. The number of rotatable bonds is 5. The lowest BCUT2D eigenvalue weighted by Gasteiger charge is -2.15. The number of carbonyl (C=O) groups is 1. The summed E-state index contributed by atoms with van der Waals surface area (Å²) in [5.41, 5.74) is 3.56. The number of aryl methyl sites for hydroxylation is 2. The van der Waals surface area contributed by atoms with Crippen LogP contribution in [-0.4, -0.2) is 13.0 Å². The number of alkyl halides is 1. The molecule has 0 heterocycles. The molecule has 0 fully saturated rings. The van der Waals surface area contributed by atoms with E-state index in [1.54, 1.807) is 12.1 Å². The first-order valence-corrected chi connectivity index (χ1v) is 8.06. The molecule has 1 amide bonds. The zero-order valence-corrected chi connectivity index (χ0v) is 15.0. The second-order valence-electron chi connectivity index (χ2n) is 4.99. The molecule has 2 aromatic carbocycles. The maximum Gasteiger partial charge on any atom is 0.413 e. The summed E-state index contributed by atoms with van der Waals surface area (Å²) in [4.78, 5) is 11.4. The molecule has 0 aromatic heterocycles. The smallest absolute Gasteiger partial charge is 0.413 e. The minimum atomic E-state index is -1.16. The van der Waals surface area contributed by atoms with Crippen molar-refractivity contribution in [3.8, 4) is 5.75 Å². The first-order chi connectivity index (χ1) is 11.0. The van der Waals surface area contributed by atoms with Crippen molar-refractivity contribution in [3.63, 3.8) is 0 Å². The average Bonchev–Trinajstić information content (AvgIpc) is 2.48. The predicted molar refractivity (Wildman–Crippen MR) is 95.5 cm³/mol. The Bertz CT molecular complexity index is 706. The van der Waals surface area contributed by atoms with Crippen LogP contribution >= 0.6 is 22.6 Å². The van der Waals surface area contributed by atoms with Crippen molar-refractivity contribution in [2.45, 2.75) is 20.5 Å². The summed E-state index contributed by atoms with van der Waals surface area (Å²) in [6, 6.07) is 11.4. The molecule has 0 atom stereocenters. The van der Waals surface area contributed by atoms with Crippen LogP contribution in [0.25, 0.3) is 0 Å². The van der Waals surface area contributed by atoms with Crippen molar-refractivity contribution < 1.29 is 18.7 Å². The first-order valence-electron chi connectivity index (χ1n) is 6.98. The maximum atomic E-state index is 12.1. The summed E-state index contributed by atoms with van der Waals surface area (Å²) < 4.78 is 23.1. The van der Waals surface area contributed by atoms with E-state index < -0.39 is 13.0 Å². The predicted octanol–water partition coefficient (Wildman–Crippen LogP) is 4.96. The normalized spacial score (nSPS) is 10.3. The van der Waals surface area contributed by atoms with E-state index in [0.29, 0.717) is 5.69 Å². The van der Waals surface area contributed by atoms with Gasteiger partial charge in [0.05, 0.1) is 5.69 Å². The van der Waals surface area contributed by atoms with Gasteiger partial charge in [0.15, 0.2) is 0 Å². The van der Waals surface area contributed by atoms with Gasteiger partial charge in [0, 0.05) is 9.13 Å². The van der Waals surface area contributed by atoms with Gasteiger partial charge in [-0.2, -0.15) is 0 Å². The quantitative estimate of drug-likeness (QED) is 0.684. The number of hydrogen-bond acceptors (Lipinski definition) is 3. The number of hydrogen-bond donors (Lipinski definition) is 1. The molecule has 23 heavy (non-hydrogen) atoms. The standard InChI is InChI=1S/C17H17FINO3/c1-11-6-7-16(12(2)8-11)22-9-13-14(19)4-3-5-15(13)20-17(21)23-10-18/h3-8H,9-10H2,1-2H3,(H,20,21). The molecule has 4 nitrogen and oxygen atoms in total. The molecule has 0 bridgehead atoms. The fraction of sp³-hybridized carbons (Fsp3) is 0.235. The van der Waals surface area contributed by atoms with Crippen molar-refractivity contribution >= 4 is 34.4 Å². The fourth-order valence-electron chi connectivity index (χ4n) is 2.13. The largest absolute Gasteiger partial charge is 0.489 e. The minimum absolute atomic E-state index is 0.286. The van der Waals surface area contributed by atoms with Crippen LogP contribution in [0.4, 0.5) is 14.9 Å². The molecule has 2 aromatic rings. The Kier molecular flexibility index (Phi) is 6.20. The molecule has 0 aliphatic rings. The number of anilines is 1. The van der Waals surface area contributed by atoms with Gasteiger partial charge in [-0.3, -0.25) is 5.32 Å². The van der Waals surface area contributed by atoms with Gasteiger partial charge < -0.3 is 9.47 Å². The van der Waals surface area contributed by atoms with E-state index in [9.17, 15) is 9.18 Å². The van der Waals surface area contributed by atoms with Gasteiger partial charge in [-0.1, -0.05) is 23.8 Å². The summed E-state index contributed by atoms with van der Waals surface area (Å²) in [5, 5.41) is 2.53. The molecule has 0 unspecified atom stereocenters. The van der Waals surface area contributed by atoms with Crippen molar-refractivity contribution in [1.29, 1.82) is 0 Å². The Morgan fingerprint density at radius 2 is 2.04 bits per heavy atom. The lowest BCUT2D eigenvalue weighted by molar-refractivity contribution is 0.111. The number of ether oxygens (including phenoxy) is 2. The van der Waals surface area contributed by atoms with Gasteiger partial charge in [0.1, 0.15) is 12.4 Å². The average molecular weight is 429 g/mol. The third-order valence-electron chi connectivity index (χ3n) is 3.24. The van der Waals surface area contributed by atoms with Gasteiger partial charge in [-0.15, -0.1) is 0 Å². The Morgan fingerprint density at radius 3 is 2.74 bits per heavy atom. The van der Waals surface area contributed by atoms with E-state index in [-0.39, 0.29) is 6.61 Å². The van der Waals surface area contributed by atoms with E-state index in [1.807, 2.05) is 38.1 Å². The highest BCUT2D eigenvalue weighted by atomic mass is 127. The van der Waals surface area contributed by atoms with Crippen LogP contribution in [-0.2, 0) is 11.3 Å². The topological polar surface area (TPSA) is 47.6 Å². The first kappa shape index (κ1) is 17.5. The lowest BCUT2D eigenvalue weighted by atomic mass is 10.1. The highest BCUT2D eigenvalue weighted by molar-refractivity contribution is 14.1. The molecular formula is C17H17FINO3. The molecule has 0 aliphatic carbocycles. The van der Waals surface area contributed by atoms with Crippen LogP contribution in [0.2, 0.25) is 0 Å². The Hall–Kier alpha value is -1.83. The second-order valence-corrected chi connectivity index (χ2v) is 6.15. The van der Waals surface area contributed by atoms with Crippen LogP contribution in [0.1, 0.15) is 16.7 Å².